The summed E-state index contributed by atoms with van der Waals surface area (Å²) in [4.78, 5) is 76.1. The second-order valence-corrected chi connectivity index (χ2v) is 13.1. The molecule has 6 rings (SSSR count). The molecule has 0 atom stereocenters. The first-order valence-corrected chi connectivity index (χ1v) is 18.8. The fraction of sp³-hybridized carbons (Fsp3) is 0.136. The molecule has 6 aromatic rings. The monoisotopic (exact) mass is 878 g/mol. The normalized spacial score (nSPS) is 9.98. The number of aromatic nitrogens is 2. The van der Waals surface area contributed by atoms with Crippen molar-refractivity contribution < 1.29 is 48.0 Å². The van der Waals surface area contributed by atoms with Gasteiger partial charge in [0.05, 0.1) is 41.7 Å². The van der Waals surface area contributed by atoms with Crippen LogP contribution in [0.2, 0.25) is 0 Å². The number of rotatable bonds is 12. The molecule has 0 aliphatic rings. The van der Waals surface area contributed by atoms with Gasteiger partial charge in [-0.3, -0.25) is 25.1 Å². The van der Waals surface area contributed by atoms with E-state index in [0.717, 1.165) is 22.6 Å². The predicted octanol–water partition coefficient (Wildman–Crippen LogP) is 9.41. The topological polar surface area (TPSA) is 233 Å². The fourth-order valence-electron chi connectivity index (χ4n) is 5.20. The van der Waals surface area contributed by atoms with E-state index in [1.165, 1.54) is 67.7 Å². The molecule has 1 amide bonds. The molecule has 0 aliphatic heterocycles. The first kappa shape index (κ1) is 47.4. The molecule has 0 saturated carbocycles. The third-order valence-corrected chi connectivity index (χ3v) is 8.40. The Kier molecular flexibility index (Phi) is 17.7. The molecule has 0 unspecified atom stereocenters. The third-order valence-electron chi connectivity index (χ3n) is 8.32. The van der Waals surface area contributed by atoms with E-state index in [9.17, 15) is 39.4 Å². The molecule has 0 fully saturated rings. The number of hydrogen-bond donors (Lipinski definition) is 1. The lowest BCUT2D eigenvalue weighted by Crippen LogP contribution is -2.33. The number of methoxy groups -OCH3 is 2. The Morgan fingerprint density at radius 3 is 1.52 bits per heavy atom. The van der Waals surface area contributed by atoms with Gasteiger partial charge in [-0.2, -0.15) is 0 Å². The minimum absolute atomic E-state index is 0.0747. The van der Waals surface area contributed by atoms with Gasteiger partial charge in [0.1, 0.15) is 23.1 Å². The molecular weight excluding hydrogens is 840 g/mol. The van der Waals surface area contributed by atoms with E-state index < -0.39 is 27.3 Å². The van der Waals surface area contributed by atoms with Gasteiger partial charge in [0, 0.05) is 53.8 Å². The minimum atomic E-state index is -0.978. The van der Waals surface area contributed by atoms with Gasteiger partial charge in [0.15, 0.2) is 0 Å². The third kappa shape index (κ3) is 15.4. The number of anilines is 2. The lowest BCUT2D eigenvalue weighted by molar-refractivity contribution is -0.385. The van der Waals surface area contributed by atoms with Gasteiger partial charge in [-0.05, 0) is 97.8 Å². The van der Waals surface area contributed by atoms with Crippen molar-refractivity contribution in [3.05, 3.63) is 187 Å². The standard InChI is InChI=1S/C22H19N3O6.C15H16N2O2.C7H4ClNO4/c1-15-4-3-5-20(23-15)24(14-16-6-8-17(9-7-16)21(26)30-2)22(27)31-19-12-10-18(11-13-19)25(28)29;1-11-4-3-5-14(17-11)16-10-12-6-8-13(9-7-12)15(18)19-2;8-7(10)13-6-3-1-5(2-4-6)9(11)12/h3-13H,14H2,1-2H3;3-9H,10H2,1-2H3,(H,16,17);1-4H. The first-order valence-electron chi connectivity index (χ1n) is 18.5. The quantitative estimate of drug-likeness (QED) is 0.0522. The summed E-state index contributed by atoms with van der Waals surface area (Å²) in [6.07, 6.45) is -0.705. The number of pyridine rings is 2. The van der Waals surface area contributed by atoms with Crippen molar-refractivity contribution in [3.63, 3.8) is 0 Å². The number of aryl methyl sites for hydroxylation is 2. The number of ether oxygens (including phenoxy) is 4. The van der Waals surface area contributed by atoms with E-state index in [-0.39, 0.29) is 35.4 Å². The van der Waals surface area contributed by atoms with Gasteiger partial charge in [0.25, 0.3) is 11.4 Å². The Balaban J connectivity index is 0.000000230. The largest absolute Gasteiger partial charge is 0.465 e. The van der Waals surface area contributed by atoms with Crippen molar-refractivity contribution in [2.75, 3.05) is 24.4 Å². The molecular formula is C44H39ClN6O12. The van der Waals surface area contributed by atoms with E-state index in [1.54, 1.807) is 61.5 Å². The fourth-order valence-corrected chi connectivity index (χ4v) is 5.28. The van der Waals surface area contributed by atoms with E-state index >= 15 is 0 Å². The van der Waals surface area contributed by atoms with Crippen LogP contribution in [0.3, 0.4) is 0 Å². The molecule has 0 radical (unpaired) electrons. The Hall–Kier alpha value is -8.25. The summed E-state index contributed by atoms with van der Waals surface area (Å²) in [5.41, 5.74) is 3.29. The molecule has 19 heteroatoms. The van der Waals surface area contributed by atoms with Crippen LogP contribution < -0.4 is 19.7 Å². The number of nitro benzene ring substituents is 2. The van der Waals surface area contributed by atoms with Crippen LogP contribution in [0.25, 0.3) is 0 Å². The molecule has 63 heavy (non-hydrogen) atoms. The van der Waals surface area contributed by atoms with Crippen LogP contribution >= 0.6 is 11.6 Å². The summed E-state index contributed by atoms with van der Waals surface area (Å²) in [5, 5.41) is 24.2. The lowest BCUT2D eigenvalue weighted by Gasteiger charge is -2.21. The number of carbonyl (C=O) groups is 4. The minimum Gasteiger partial charge on any atom is -0.465 e. The first-order chi connectivity index (χ1) is 30.1. The number of nitrogens with zero attached hydrogens (tertiary/aromatic N) is 5. The van der Waals surface area contributed by atoms with Gasteiger partial charge in [-0.1, -0.05) is 36.4 Å². The highest BCUT2D eigenvalue weighted by atomic mass is 35.5. The molecule has 1 N–H and O–H groups in total. The zero-order chi connectivity index (χ0) is 45.9. The van der Waals surface area contributed by atoms with Crippen molar-refractivity contribution >= 4 is 58.1 Å². The van der Waals surface area contributed by atoms with Gasteiger partial charge in [-0.15, -0.1) is 0 Å². The number of amides is 1. The highest BCUT2D eigenvalue weighted by molar-refractivity contribution is 6.61. The van der Waals surface area contributed by atoms with Crippen LogP contribution in [-0.2, 0) is 22.6 Å². The molecule has 4 aromatic carbocycles. The van der Waals surface area contributed by atoms with E-state index in [1.807, 2.05) is 37.3 Å². The molecule has 2 aromatic heterocycles. The summed E-state index contributed by atoms with van der Waals surface area (Å²) in [6.45, 7) is 4.55. The molecule has 18 nitrogen and oxygen atoms in total. The number of nitrogens with one attached hydrogen (secondary N) is 1. The van der Waals surface area contributed by atoms with Crippen LogP contribution in [0.15, 0.2) is 133 Å². The lowest BCUT2D eigenvalue weighted by atomic mass is 10.1. The average Bonchev–Trinajstić information content (AvgIpc) is 3.28. The van der Waals surface area contributed by atoms with Gasteiger partial charge in [0.2, 0.25) is 0 Å². The number of hydrogen-bond acceptors (Lipinski definition) is 15. The number of halogens is 1. The maximum absolute atomic E-state index is 12.9. The molecule has 0 saturated heterocycles. The maximum Gasteiger partial charge on any atom is 0.421 e. The van der Waals surface area contributed by atoms with E-state index in [0.29, 0.717) is 29.2 Å². The number of nitro groups is 2. The maximum atomic E-state index is 12.9. The van der Waals surface area contributed by atoms with Crippen LogP contribution in [-0.4, -0.2) is 57.5 Å². The second kappa shape index (κ2) is 23.5. The van der Waals surface area contributed by atoms with Crippen LogP contribution in [0, 0.1) is 34.1 Å². The Morgan fingerprint density at radius 1 is 0.619 bits per heavy atom. The highest BCUT2D eigenvalue weighted by Crippen LogP contribution is 2.22. The summed E-state index contributed by atoms with van der Waals surface area (Å²) in [6, 6.07) is 35.2. The Labute approximate surface area is 365 Å². The zero-order valence-corrected chi connectivity index (χ0v) is 34.9. The summed E-state index contributed by atoms with van der Waals surface area (Å²) in [7, 11) is 2.68. The Morgan fingerprint density at radius 2 is 1.08 bits per heavy atom. The van der Waals surface area contributed by atoms with Crippen LogP contribution in [0.1, 0.15) is 43.2 Å². The smallest absolute Gasteiger partial charge is 0.421 e. The molecule has 324 valence electrons. The summed E-state index contributed by atoms with van der Waals surface area (Å²) < 4.78 is 19.2. The van der Waals surface area contributed by atoms with Gasteiger partial charge in [-0.25, -0.2) is 29.1 Å². The average molecular weight is 879 g/mol. The van der Waals surface area contributed by atoms with Gasteiger partial charge >= 0.3 is 23.5 Å². The second-order valence-electron chi connectivity index (χ2n) is 12.8. The van der Waals surface area contributed by atoms with Crippen molar-refractivity contribution in [3.8, 4) is 11.5 Å². The molecule has 0 spiro atoms. The van der Waals surface area contributed by atoms with Crippen molar-refractivity contribution in [1.29, 1.82) is 0 Å². The van der Waals surface area contributed by atoms with Crippen molar-refractivity contribution in [2.24, 2.45) is 0 Å². The number of esters is 2. The summed E-state index contributed by atoms with van der Waals surface area (Å²) >= 11 is 4.92. The molecule has 0 aliphatic carbocycles. The van der Waals surface area contributed by atoms with Crippen LogP contribution in [0.4, 0.5) is 32.6 Å². The van der Waals surface area contributed by atoms with E-state index in [2.05, 4.69) is 24.8 Å². The zero-order valence-electron chi connectivity index (χ0n) is 34.1. The van der Waals surface area contributed by atoms with E-state index in [4.69, 9.17) is 21.1 Å². The number of benzene rings is 4. The van der Waals surface area contributed by atoms with Gasteiger partial charge < -0.3 is 24.3 Å². The highest BCUT2D eigenvalue weighted by Gasteiger charge is 2.21. The van der Waals surface area contributed by atoms with Crippen LogP contribution in [0.5, 0.6) is 11.5 Å². The molecule has 2 heterocycles. The Bertz CT molecular complexity index is 2520. The number of carbonyl (C=O) groups excluding carboxylic acids is 4. The summed E-state index contributed by atoms with van der Waals surface area (Å²) in [5.74, 6) is 0.780. The van der Waals surface area contributed by atoms with Crippen molar-refractivity contribution in [1.82, 2.24) is 9.97 Å². The molecule has 0 bridgehead atoms. The predicted molar refractivity (Wildman–Crippen MR) is 231 cm³/mol. The van der Waals surface area contributed by atoms with Crippen molar-refractivity contribution in [2.45, 2.75) is 26.9 Å². The SMILES string of the molecule is COC(=O)c1ccc(CN(C(=O)Oc2ccc([N+](=O)[O-])cc2)c2cccc(C)n2)cc1.COC(=O)c1ccc(CNc2cccc(C)n2)cc1.O=C(Cl)Oc1ccc([N+](=O)[O-])cc1. The number of non-ortho nitro benzene ring substituents is 2.